The largest absolute Gasteiger partial charge is 0.469 e. The molecule has 0 bridgehead atoms. The highest BCUT2D eigenvalue weighted by Crippen LogP contribution is 2.36. The lowest BCUT2D eigenvalue weighted by Crippen LogP contribution is -2.37. The number of benzene rings is 1. The third kappa shape index (κ3) is 5.60. The number of nitrogens with one attached hydrogen (secondary N) is 1. The van der Waals surface area contributed by atoms with E-state index in [1.807, 2.05) is 17.8 Å². The van der Waals surface area contributed by atoms with Gasteiger partial charge in [-0.05, 0) is 18.4 Å². The number of unbranched alkanes of at least 4 members (excludes halogenated alkanes) is 1. The summed E-state index contributed by atoms with van der Waals surface area (Å²) in [4.78, 5) is 11.6. The third-order valence-corrected chi connectivity index (χ3v) is 7.12. The Balaban J connectivity index is 1.66. The summed E-state index contributed by atoms with van der Waals surface area (Å²) in [6.07, 6.45) is 3.70. The topological polar surface area (TPSA) is 38.3 Å². The average molecular weight is 386 g/mol. The molecule has 1 aromatic carbocycles. The van der Waals surface area contributed by atoms with Crippen LogP contribution in [0, 0.1) is 0 Å². The lowest BCUT2D eigenvalue weighted by atomic mass is 10.1. The number of halogens is 1. The van der Waals surface area contributed by atoms with Crippen LogP contribution < -0.4 is 5.32 Å². The molecule has 3 atom stereocenters. The molecule has 0 unspecified atom stereocenters. The Kier molecular flexibility index (Phi) is 7.76. The first-order chi connectivity index (χ1) is 10.7. The van der Waals surface area contributed by atoms with Gasteiger partial charge in [0.25, 0.3) is 0 Å². The van der Waals surface area contributed by atoms with Crippen molar-refractivity contribution in [1.29, 1.82) is 0 Å². The van der Waals surface area contributed by atoms with Gasteiger partial charge in [-0.25, -0.2) is 0 Å². The van der Waals surface area contributed by atoms with E-state index in [0.717, 1.165) is 31.6 Å². The number of methoxy groups -OCH3 is 1. The van der Waals surface area contributed by atoms with Crippen molar-refractivity contribution in [3.8, 4) is 0 Å². The molecule has 0 aliphatic carbocycles. The van der Waals surface area contributed by atoms with Crippen LogP contribution in [0.3, 0.4) is 0 Å². The van der Waals surface area contributed by atoms with Crippen molar-refractivity contribution >= 4 is 33.7 Å². The molecule has 1 fully saturated rings. The van der Waals surface area contributed by atoms with E-state index < -0.39 is 0 Å². The molecule has 1 aromatic rings. The Bertz CT molecular complexity index is 457. The molecular weight excluding hydrogens is 362 g/mol. The van der Waals surface area contributed by atoms with E-state index in [9.17, 15) is 4.79 Å². The summed E-state index contributed by atoms with van der Waals surface area (Å²) in [7, 11) is 1.45. The van der Waals surface area contributed by atoms with Gasteiger partial charge in [-0.3, -0.25) is 4.79 Å². The molecule has 1 heterocycles. The maximum Gasteiger partial charge on any atom is 0.305 e. The van der Waals surface area contributed by atoms with Gasteiger partial charge in [0.05, 0.1) is 7.11 Å². The number of alkyl halides is 1. The molecule has 122 valence electrons. The zero-order valence-corrected chi connectivity index (χ0v) is 15.4. The predicted molar refractivity (Wildman–Crippen MR) is 96.5 cm³/mol. The zero-order chi connectivity index (χ0) is 15.8. The zero-order valence-electron chi connectivity index (χ0n) is 13.0. The minimum Gasteiger partial charge on any atom is -0.469 e. The fraction of sp³-hybridized carbons (Fsp3) is 0.588. The molecule has 3 nitrogen and oxygen atoms in total. The van der Waals surface area contributed by atoms with Crippen LogP contribution in [0.15, 0.2) is 30.3 Å². The summed E-state index contributed by atoms with van der Waals surface area (Å²) >= 11 is 5.90. The molecule has 1 N–H and O–H groups in total. The number of esters is 1. The number of carbonyl (C=O) groups is 1. The van der Waals surface area contributed by atoms with E-state index in [4.69, 9.17) is 0 Å². The monoisotopic (exact) mass is 385 g/mol. The smallest absolute Gasteiger partial charge is 0.305 e. The van der Waals surface area contributed by atoms with Gasteiger partial charge in [0.1, 0.15) is 0 Å². The van der Waals surface area contributed by atoms with Crippen LogP contribution in [-0.2, 0) is 16.1 Å². The molecule has 0 saturated carbocycles. The van der Waals surface area contributed by atoms with Crippen molar-refractivity contribution in [3.63, 3.8) is 0 Å². The van der Waals surface area contributed by atoms with Gasteiger partial charge in [0, 0.05) is 34.8 Å². The number of rotatable bonds is 8. The fourth-order valence-corrected chi connectivity index (χ4v) is 5.48. The molecule has 22 heavy (non-hydrogen) atoms. The Hall–Kier alpha value is -0.520. The van der Waals surface area contributed by atoms with Crippen LogP contribution in [0.5, 0.6) is 0 Å². The average Bonchev–Trinajstić information content (AvgIpc) is 2.90. The summed E-state index contributed by atoms with van der Waals surface area (Å²) in [5.74, 6) is 1.04. The van der Waals surface area contributed by atoms with E-state index in [0.29, 0.717) is 22.5 Å². The van der Waals surface area contributed by atoms with Gasteiger partial charge in [-0.2, -0.15) is 11.8 Å². The molecule has 1 aliphatic heterocycles. The summed E-state index contributed by atoms with van der Waals surface area (Å²) < 4.78 is 4.67. The molecule has 5 heteroatoms. The second-order valence-corrected chi connectivity index (χ2v) is 7.94. The summed E-state index contributed by atoms with van der Waals surface area (Å²) in [6, 6.07) is 11.0. The Morgan fingerprint density at radius 1 is 1.36 bits per heavy atom. The van der Waals surface area contributed by atoms with E-state index in [1.165, 1.54) is 12.7 Å². The van der Waals surface area contributed by atoms with Crippen molar-refractivity contribution in [2.45, 2.75) is 48.3 Å². The normalized spacial score (nSPS) is 24.4. The van der Waals surface area contributed by atoms with Crippen molar-refractivity contribution in [3.05, 3.63) is 35.9 Å². The Morgan fingerprint density at radius 2 is 2.14 bits per heavy atom. The van der Waals surface area contributed by atoms with Gasteiger partial charge in [-0.1, -0.05) is 52.7 Å². The van der Waals surface area contributed by atoms with Gasteiger partial charge in [0.15, 0.2) is 0 Å². The quantitative estimate of drug-likeness (QED) is 0.420. The van der Waals surface area contributed by atoms with Gasteiger partial charge < -0.3 is 10.1 Å². The summed E-state index contributed by atoms with van der Waals surface area (Å²) in [6.45, 7) is 0.920. The highest BCUT2D eigenvalue weighted by molar-refractivity contribution is 9.09. The van der Waals surface area contributed by atoms with E-state index in [1.54, 1.807) is 0 Å². The van der Waals surface area contributed by atoms with Crippen LogP contribution in [0.2, 0.25) is 0 Å². The number of hydrogen-bond acceptors (Lipinski definition) is 4. The number of thioether (sulfide) groups is 1. The predicted octanol–water partition coefficient (Wildman–Crippen LogP) is 3.76. The number of carbonyl (C=O) groups excluding carboxylic acids is 1. The summed E-state index contributed by atoms with van der Waals surface area (Å²) in [5.41, 5.74) is 1.33. The van der Waals surface area contributed by atoms with Crippen LogP contribution in [0.1, 0.15) is 31.2 Å². The number of ether oxygens (including phenoxy) is 1. The van der Waals surface area contributed by atoms with Crippen LogP contribution in [-0.4, -0.2) is 35.0 Å². The third-order valence-electron chi connectivity index (χ3n) is 3.99. The minimum atomic E-state index is -0.100. The van der Waals surface area contributed by atoms with E-state index in [2.05, 4.69) is 50.2 Å². The molecule has 1 saturated heterocycles. The second-order valence-electron chi connectivity index (χ2n) is 5.61. The molecule has 0 radical (unpaired) electrons. The first-order valence-electron chi connectivity index (χ1n) is 7.80. The van der Waals surface area contributed by atoms with Gasteiger partial charge in [-0.15, -0.1) is 0 Å². The van der Waals surface area contributed by atoms with Gasteiger partial charge in [0.2, 0.25) is 0 Å². The molecule has 0 aromatic heterocycles. The Morgan fingerprint density at radius 3 is 2.86 bits per heavy atom. The summed E-state index contributed by atoms with van der Waals surface area (Å²) in [5, 5.41) is 4.28. The maximum absolute atomic E-state index is 11.1. The van der Waals surface area contributed by atoms with Crippen molar-refractivity contribution in [2.75, 3.05) is 12.9 Å². The Labute approximate surface area is 145 Å². The van der Waals surface area contributed by atoms with Crippen LogP contribution in [0.4, 0.5) is 0 Å². The lowest BCUT2D eigenvalue weighted by molar-refractivity contribution is -0.140. The van der Waals surface area contributed by atoms with Crippen LogP contribution in [0.25, 0.3) is 0 Å². The van der Waals surface area contributed by atoms with E-state index in [-0.39, 0.29) is 5.97 Å². The molecular formula is C17H24BrNO2S. The van der Waals surface area contributed by atoms with E-state index >= 15 is 0 Å². The van der Waals surface area contributed by atoms with Crippen molar-refractivity contribution < 1.29 is 9.53 Å². The highest BCUT2D eigenvalue weighted by Gasteiger charge is 2.34. The van der Waals surface area contributed by atoms with Crippen LogP contribution >= 0.6 is 27.7 Å². The first kappa shape index (κ1) is 17.8. The highest BCUT2D eigenvalue weighted by atomic mass is 79.9. The number of hydrogen-bond donors (Lipinski definition) is 1. The van der Waals surface area contributed by atoms with Gasteiger partial charge >= 0.3 is 5.97 Å². The SMILES string of the molecule is COC(=O)CCCC[C@H]1SC[C@H](NCc2ccccc2)[C@H]1Br. The molecule has 0 amide bonds. The minimum absolute atomic E-state index is 0.100. The first-order valence-corrected chi connectivity index (χ1v) is 9.77. The second kappa shape index (κ2) is 9.58. The molecule has 0 spiro atoms. The van der Waals surface area contributed by atoms with Crippen molar-refractivity contribution in [1.82, 2.24) is 5.32 Å². The van der Waals surface area contributed by atoms with Crippen molar-refractivity contribution in [2.24, 2.45) is 0 Å². The maximum atomic E-state index is 11.1. The standard InChI is InChI=1S/C17H24BrNO2S/c1-21-16(20)10-6-5-9-15-17(18)14(12-22-15)19-11-13-7-3-2-4-8-13/h2-4,7-8,14-15,17,19H,5-6,9-12H2,1H3/t14-,15+,17+/m0/s1. The molecule has 2 rings (SSSR count). The lowest BCUT2D eigenvalue weighted by Gasteiger charge is -2.19. The molecule has 1 aliphatic rings. The fourth-order valence-electron chi connectivity index (χ4n) is 2.65.